The quantitative estimate of drug-likeness (QED) is 0.755. The number of amides is 1. The molecule has 128 valence electrons. The largest absolute Gasteiger partial charge is 0.386 e. The second kappa shape index (κ2) is 6.82. The lowest BCUT2D eigenvalue weighted by atomic mass is 10.1. The monoisotopic (exact) mass is 341 g/mol. The third-order valence-corrected chi connectivity index (χ3v) is 3.89. The van der Waals surface area contributed by atoms with Crippen LogP contribution >= 0.6 is 0 Å². The van der Waals surface area contributed by atoms with Crippen LogP contribution in [0.4, 0.5) is 4.39 Å². The highest BCUT2D eigenvalue weighted by Gasteiger charge is 2.17. The number of rotatable bonds is 4. The summed E-state index contributed by atoms with van der Waals surface area (Å²) in [7, 11) is 0. The number of aliphatic hydroxyl groups is 1. The molecule has 1 aromatic carbocycles. The molecule has 0 aliphatic carbocycles. The van der Waals surface area contributed by atoms with Crippen LogP contribution in [-0.2, 0) is 0 Å². The fourth-order valence-electron chi connectivity index (χ4n) is 2.54. The predicted octanol–water partition coefficient (Wildman–Crippen LogP) is 1.61. The zero-order valence-electron chi connectivity index (χ0n) is 13.4. The molecule has 3 aromatic rings. The molecule has 0 aliphatic heterocycles. The van der Waals surface area contributed by atoms with Crippen molar-refractivity contribution < 1.29 is 14.3 Å². The van der Waals surface area contributed by atoms with E-state index in [4.69, 9.17) is 0 Å². The first-order chi connectivity index (χ1) is 12.0. The Morgan fingerprint density at radius 1 is 1.32 bits per heavy atom. The van der Waals surface area contributed by atoms with E-state index in [0.717, 1.165) is 5.56 Å². The molecule has 0 radical (unpaired) electrons. The number of carbonyl (C=O) groups is 1. The normalized spacial score (nSPS) is 12.1. The SMILES string of the molecule is Cc1cccn2c(=O)c(C(=O)NCC(O)c3ccccc3F)cnc12. The first-order valence-corrected chi connectivity index (χ1v) is 7.66. The second-order valence-corrected chi connectivity index (χ2v) is 5.61. The van der Waals surface area contributed by atoms with Crippen LogP contribution in [-0.4, -0.2) is 26.9 Å². The van der Waals surface area contributed by atoms with E-state index in [1.165, 1.54) is 35.0 Å². The minimum absolute atomic E-state index is 0.0757. The van der Waals surface area contributed by atoms with E-state index >= 15 is 0 Å². The first-order valence-electron chi connectivity index (χ1n) is 7.66. The Balaban J connectivity index is 1.80. The van der Waals surface area contributed by atoms with Gasteiger partial charge in [0, 0.05) is 24.5 Å². The number of pyridine rings is 1. The maximum absolute atomic E-state index is 13.6. The van der Waals surface area contributed by atoms with Crippen LogP contribution in [0.2, 0.25) is 0 Å². The number of halogens is 1. The van der Waals surface area contributed by atoms with Crippen LogP contribution in [0, 0.1) is 12.7 Å². The van der Waals surface area contributed by atoms with E-state index < -0.39 is 23.4 Å². The molecule has 3 rings (SSSR count). The van der Waals surface area contributed by atoms with Gasteiger partial charge in [0.2, 0.25) is 0 Å². The summed E-state index contributed by atoms with van der Waals surface area (Å²) in [5.41, 5.74) is 0.694. The predicted molar refractivity (Wildman–Crippen MR) is 89.9 cm³/mol. The maximum Gasteiger partial charge on any atom is 0.270 e. The Hall–Kier alpha value is -3.06. The number of aliphatic hydroxyl groups excluding tert-OH is 1. The van der Waals surface area contributed by atoms with Crippen molar-refractivity contribution in [2.75, 3.05) is 6.54 Å². The summed E-state index contributed by atoms with van der Waals surface area (Å²) >= 11 is 0. The minimum atomic E-state index is -1.22. The van der Waals surface area contributed by atoms with Crippen LogP contribution in [0.5, 0.6) is 0 Å². The van der Waals surface area contributed by atoms with Gasteiger partial charge in [-0.1, -0.05) is 24.3 Å². The highest BCUT2D eigenvalue weighted by atomic mass is 19.1. The van der Waals surface area contributed by atoms with Crippen LogP contribution < -0.4 is 10.9 Å². The Morgan fingerprint density at radius 3 is 2.84 bits per heavy atom. The number of nitrogens with one attached hydrogen (secondary N) is 1. The summed E-state index contributed by atoms with van der Waals surface area (Å²) in [6, 6.07) is 9.25. The number of nitrogens with zero attached hydrogens (tertiary/aromatic N) is 2. The van der Waals surface area contributed by atoms with Crippen LogP contribution in [0.3, 0.4) is 0 Å². The van der Waals surface area contributed by atoms with Crippen molar-refractivity contribution in [3.8, 4) is 0 Å². The van der Waals surface area contributed by atoms with Crippen molar-refractivity contribution in [3.05, 3.63) is 81.7 Å². The number of carbonyl (C=O) groups excluding carboxylic acids is 1. The Morgan fingerprint density at radius 2 is 2.08 bits per heavy atom. The number of aromatic nitrogens is 2. The fourth-order valence-corrected chi connectivity index (χ4v) is 2.54. The summed E-state index contributed by atoms with van der Waals surface area (Å²) in [6.07, 6.45) is 1.52. The molecule has 6 nitrogen and oxygen atoms in total. The van der Waals surface area contributed by atoms with Gasteiger partial charge in [0.25, 0.3) is 11.5 Å². The molecular formula is C18H16FN3O3. The molecule has 2 aromatic heterocycles. The van der Waals surface area contributed by atoms with Crippen molar-refractivity contribution in [3.63, 3.8) is 0 Å². The van der Waals surface area contributed by atoms with Gasteiger partial charge >= 0.3 is 0 Å². The molecule has 1 unspecified atom stereocenters. The number of hydrogen-bond acceptors (Lipinski definition) is 4. The van der Waals surface area contributed by atoms with Gasteiger partial charge in [0.15, 0.2) is 0 Å². The number of fused-ring (bicyclic) bond motifs is 1. The third-order valence-electron chi connectivity index (χ3n) is 3.89. The van der Waals surface area contributed by atoms with Gasteiger partial charge < -0.3 is 10.4 Å². The minimum Gasteiger partial charge on any atom is -0.386 e. The lowest BCUT2D eigenvalue weighted by Gasteiger charge is -2.13. The van der Waals surface area contributed by atoms with Crippen LogP contribution in [0.25, 0.3) is 5.65 Å². The average molecular weight is 341 g/mol. The lowest BCUT2D eigenvalue weighted by molar-refractivity contribution is 0.0912. The van der Waals surface area contributed by atoms with Crippen molar-refractivity contribution in [1.82, 2.24) is 14.7 Å². The van der Waals surface area contributed by atoms with Gasteiger partial charge in [-0.05, 0) is 24.6 Å². The molecule has 0 aliphatic rings. The van der Waals surface area contributed by atoms with E-state index in [9.17, 15) is 19.1 Å². The average Bonchev–Trinajstić information content (AvgIpc) is 2.61. The second-order valence-electron chi connectivity index (χ2n) is 5.61. The van der Waals surface area contributed by atoms with Crippen LogP contribution in [0.1, 0.15) is 27.6 Å². The molecule has 2 heterocycles. The lowest BCUT2D eigenvalue weighted by Crippen LogP contribution is -2.34. The highest BCUT2D eigenvalue weighted by Crippen LogP contribution is 2.15. The third kappa shape index (κ3) is 3.27. The zero-order valence-corrected chi connectivity index (χ0v) is 13.4. The molecule has 7 heteroatoms. The van der Waals surface area contributed by atoms with E-state index in [-0.39, 0.29) is 17.7 Å². The molecular weight excluding hydrogens is 325 g/mol. The molecule has 1 atom stereocenters. The molecule has 0 saturated heterocycles. The smallest absolute Gasteiger partial charge is 0.270 e. The Kier molecular flexibility index (Phi) is 4.58. The van der Waals surface area contributed by atoms with Gasteiger partial charge in [-0.2, -0.15) is 0 Å². The Bertz CT molecular complexity index is 1000. The molecule has 25 heavy (non-hydrogen) atoms. The zero-order chi connectivity index (χ0) is 18.0. The highest BCUT2D eigenvalue weighted by molar-refractivity contribution is 5.93. The topological polar surface area (TPSA) is 83.7 Å². The molecule has 1 amide bonds. The molecule has 0 saturated carbocycles. The molecule has 0 fully saturated rings. The van der Waals surface area contributed by atoms with Crippen molar-refractivity contribution >= 4 is 11.6 Å². The number of hydrogen-bond donors (Lipinski definition) is 2. The van der Waals surface area contributed by atoms with E-state index in [0.29, 0.717) is 5.65 Å². The van der Waals surface area contributed by atoms with E-state index in [2.05, 4.69) is 10.3 Å². The summed E-state index contributed by atoms with van der Waals surface area (Å²) in [5, 5.41) is 12.5. The standard InChI is InChI=1S/C18H16FN3O3/c1-11-5-4-8-22-16(11)20-9-13(18(22)25)17(24)21-10-15(23)12-6-2-3-7-14(12)19/h2-9,15,23H,10H2,1H3,(H,21,24). The maximum atomic E-state index is 13.6. The molecule has 0 spiro atoms. The van der Waals surface area contributed by atoms with Gasteiger partial charge in [-0.3, -0.25) is 14.0 Å². The van der Waals surface area contributed by atoms with Gasteiger partial charge in [0.05, 0.1) is 6.10 Å². The van der Waals surface area contributed by atoms with Crippen molar-refractivity contribution in [2.45, 2.75) is 13.0 Å². The van der Waals surface area contributed by atoms with E-state index in [1.54, 1.807) is 12.1 Å². The van der Waals surface area contributed by atoms with Gasteiger partial charge in [-0.15, -0.1) is 0 Å². The fraction of sp³-hybridized carbons (Fsp3) is 0.167. The number of aryl methyl sites for hydroxylation is 1. The summed E-state index contributed by atoms with van der Waals surface area (Å²) in [5.74, 6) is -1.24. The first kappa shape index (κ1) is 16.8. The van der Waals surface area contributed by atoms with Crippen molar-refractivity contribution in [1.29, 1.82) is 0 Å². The van der Waals surface area contributed by atoms with Crippen molar-refractivity contribution in [2.24, 2.45) is 0 Å². The Labute approximate surface area is 142 Å². The van der Waals surface area contributed by atoms with Gasteiger partial charge in [-0.25, -0.2) is 9.37 Å². The summed E-state index contributed by atoms with van der Waals surface area (Å²) < 4.78 is 14.9. The molecule has 2 N–H and O–H groups in total. The summed E-state index contributed by atoms with van der Waals surface area (Å²) in [4.78, 5) is 28.8. The van der Waals surface area contributed by atoms with E-state index in [1.807, 2.05) is 13.0 Å². The van der Waals surface area contributed by atoms with Gasteiger partial charge in [0.1, 0.15) is 17.0 Å². The number of benzene rings is 1. The molecule has 0 bridgehead atoms. The van der Waals surface area contributed by atoms with Crippen LogP contribution in [0.15, 0.2) is 53.6 Å². The summed E-state index contributed by atoms with van der Waals surface area (Å²) in [6.45, 7) is 1.59.